The van der Waals surface area contributed by atoms with Gasteiger partial charge in [0.05, 0.1) is 24.6 Å². The molecule has 0 saturated heterocycles. The molecular formula is C20H17ClF3N3O2. The molecule has 3 rings (SSSR count). The fourth-order valence-electron chi connectivity index (χ4n) is 2.81. The largest absolute Gasteiger partial charge is 0.497 e. The molecule has 1 N–H and O–H groups in total. The number of aromatic nitrogens is 2. The Morgan fingerprint density at radius 3 is 2.59 bits per heavy atom. The number of hydrogen-bond acceptors (Lipinski definition) is 3. The quantitative estimate of drug-likeness (QED) is 0.634. The number of ether oxygens (including phenoxy) is 1. The van der Waals surface area contributed by atoms with Gasteiger partial charge >= 0.3 is 6.18 Å². The van der Waals surface area contributed by atoms with Crippen molar-refractivity contribution in [1.82, 2.24) is 15.1 Å². The summed E-state index contributed by atoms with van der Waals surface area (Å²) < 4.78 is 46.8. The first-order chi connectivity index (χ1) is 13.8. The number of hydrogen-bond donors (Lipinski definition) is 1. The fourth-order valence-corrected chi connectivity index (χ4v) is 2.93. The van der Waals surface area contributed by atoms with Gasteiger partial charge in [0.15, 0.2) is 5.69 Å². The van der Waals surface area contributed by atoms with Crippen LogP contribution in [0.2, 0.25) is 5.02 Å². The normalized spacial score (nSPS) is 11.3. The zero-order valence-corrected chi connectivity index (χ0v) is 16.1. The predicted molar refractivity (Wildman–Crippen MR) is 103 cm³/mol. The van der Waals surface area contributed by atoms with Gasteiger partial charge in [0.25, 0.3) is 5.91 Å². The lowest BCUT2D eigenvalue weighted by Crippen LogP contribution is -2.28. The Morgan fingerprint density at radius 2 is 1.93 bits per heavy atom. The van der Waals surface area contributed by atoms with Crippen LogP contribution < -0.4 is 10.1 Å². The third-order valence-corrected chi connectivity index (χ3v) is 4.44. The van der Waals surface area contributed by atoms with Gasteiger partial charge in [-0.2, -0.15) is 18.3 Å². The molecule has 0 bridgehead atoms. The van der Waals surface area contributed by atoms with Crippen LogP contribution in [0.15, 0.2) is 54.7 Å². The Morgan fingerprint density at radius 1 is 1.21 bits per heavy atom. The molecule has 5 nitrogen and oxygen atoms in total. The second kappa shape index (κ2) is 8.57. The molecule has 0 spiro atoms. The van der Waals surface area contributed by atoms with Crippen molar-refractivity contribution < 1.29 is 22.7 Å². The summed E-state index contributed by atoms with van der Waals surface area (Å²) in [6.07, 6.45) is -3.41. The molecule has 0 aliphatic rings. The molecule has 1 heterocycles. The van der Waals surface area contributed by atoms with Crippen LogP contribution in [0.5, 0.6) is 5.75 Å². The van der Waals surface area contributed by atoms with Gasteiger partial charge in [0.1, 0.15) is 5.75 Å². The lowest BCUT2D eigenvalue weighted by atomic mass is 10.1. The minimum Gasteiger partial charge on any atom is -0.497 e. The van der Waals surface area contributed by atoms with Gasteiger partial charge in [-0.25, -0.2) is 4.68 Å². The van der Waals surface area contributed by atoms with Crippen LogP contribution in [0.25, 0.3) is 5.69 Å². The van der Waals surface area contributed by atoms with Gasteiger partial charge in [-0.05, 0) is 48.4 Å². The van der Waals surface area contributed by atoms with E-state index in [1.165, 1.54) is 31.4 Å². The number of benzene rings is 2. The lowest BCUT2D eigenvalue weighted by Gasteiger charge is -2.13. The van der Waals surface area contributed by atoms with Gasteiger partial charge in [0.2, 0.25) is 0 Å². The summed E-state index contributed by atoms with van der Waals surface area (Å²) in [6, 6.07) is 12.9. The molecule has 29 heavy (non-hydrogen) atoms. The second-order valence-electron chi connectivity index (χ2n) is 6.15. The van der Waals surface area contributed by atoms with Crippen molar-refractivity contribution in [2.75, 3.05) is 13.7 Å². The maximum Gasteiger partial charge on any atom is 0.434 e. The molecule has 152 valence electrons. The van der Waals surface area contributed by atoms with Crippen molar-refractivity contribution in [1.29, 1.82) is 0 Å². The van der Waals surface area contributed by atoms with Crippen LogP contribution in [-0.4, -0.2) is 29.3 Å². The zero-order chi connectivity index (χ0) is 21.0. The molecule has 0 aliphatic heterocycles. The average Bonchev–Trinajstić information content (AvgIpc) is 3.14. The number of methoxy groups -OCH3 is 1. The van der Waals surface area contributed by atoms with E-state index in [1.807, 2.05) is 6.07 Å². The van der Waals surface area contributed by atoms with Crippen molar-refractivity contribution in [2.24, 2.45) is 0 Å². The third-order valence-electron chi connectivity index (χ3n) is 4.19. The molecule has 0 radical (unpaired) electrons. The Hall–Kier alpha value is -3.00. The predicted octanol–water partition coefficient (Wildman–Crippen LogP) is 4.53. The molecule has 0 saturated carbocycles. The van der Waals surface area contributed by atoms with E-state index < -0.39 is 23.3 Å². The number of nitrogens with one attached hydrogen (secondary N) is 1. The highest BCUT2D eigenvalue weighted by atomic mass is 35.5. The first kappa shape index (κ1) is 20.7. The van der Waals surface area contributed by atoms with E-state index in [1.54, 1.807) is 18.2 Å². The maximum atomic E-state index is 13.7. The molecule has 0 aliphatic carbocycles. The van der Waals surface area contributed by atoms with E-state index in [2.05, 4.69) is 10.4 Å². The van der Waals surface area contributed by atoms with E-state index >= 15 is 0 Å². The summed E-state index contributed by atoms with van der Waals surface area (Å²) >= 11 is 5.79. The monoisotopic (exact) mass is 423 g/mol. The number of rotatable bonds is 6. The molecular weight excluding hydrogens is 407 g/mol. The molecule has 1 aromatic heterocycles. The topological polar surface area (TPSA) is 56.1 Å². The number of carbonyl (C=O) groups excluding carboxylic acids is 1. The molecule has 1 amide bonds. The summed E-state index contributed by atoms with van der Waals surface area (Å²) in [5.41, 5.74) is -0.647. The number of carbonyl (C=O) groups is 1. The highest BCUT2D eigenvalue weighted by Crippen LogP contribution is 2.33. The lowest BCUT2D eigenvalue weighted by molar-refractivity contribution is -0.143. The Labute approximate surface area is 170 Å². The minimum atomic E-state index is -4.77. The maximum absolute atomic E-state index is 13.7. The van der Waals surface area contributed by atoms with Crippen molar-refractivity contribution >= 4 is 17.5 Å². The Bertz CT molecular complexity index is 1000. The molecule has 0 fully saturated rings. The third kappa shape index (κ3) is 4.89. The van der Waals surface area contributed by atoms with E-state index in [-0.39, 0.29) is 12.2 Å². The highest BCUT2D eigenvalue weighted by molar-refractivity contribution is 6.30. The van der Waals surface area contributed by atoms with Crippen LogP contribution in [0.4, 0.5) is 13.2 Å². The highest BCUT2D eigenvalue weighted by Gasteiger charge is 2.40. The van der Waals surface area contributed by atoms with Crippen molar-refractivity contribution in [2.45, 2.75) is 12.6 Å². The molecule has 3 aromatic rings. The van der Waals surface area contributed by atoms with Crippen molar-refractivity contribution in [3.8, 4) is 11.4 Å². The molecule has 0 unspecified atom stereocenters. The van der Waals surface area contributed by atoms with Gasteiger partial charge in [-0.1, -0.05) is 23.7 Å². The summed E-state index contributed by atoms with van der Waals surface area (Å²) in [6.45, 7) is 0.162. The number of alkyl halides is 3. The molecule has 2 aromatic carbocycles. The first-order valence-electron chi connectivity index (χ1n) is 8.62. The van der Waals surface area contributed by atoms with Gasteiger partial charge < -0.3 is 10.1 Å². The second-order valence-corrected chi connectivity index (χ2v) is 6.59. The number of halogens is 4. The fraction of sp³-hybridized carbons (Fsp3) is 0.200. The van der Waals surface area contributed by atoms with E-state index in [4.69, 9.17) is 16.3 Å². The van der Waals surface area contributed by atoms with Gasteiger partial charge in [0, 0.05) is 11.6 Å². The average molecular weight is 424 g/mol. The van der Waals surface area contributed by atoms with Crippen LogP contribution in [0, 0.1) is 0 Å². The van der Waals surface area contributed by atoms with Crippen LogP contribution >= 0.6 is 11.6 Å². The smallest absolute Gasteiger partial charge is 0.434 e. The van der Waals surface area contributed by atoms with E-state index in [0.29, 0.717) is 21.9 Å². The van der Waals surface area contributed by atoms with Gasteiger partial charge in [-0.3, -0.25) is 4.79 Å². The standard InChI is InChI=1S/C20H17ClF3N3O2/c1-29-16-4-2-3-13(11-16)9-10-25-19(28)17-12-26-27(18(17)20(22,23)24)15-7-5-14(21)6-8-15/h2-8,11-12H,9-10H2,1H3,(H,25,28). The molecule has 0 atom stereocenters. The van der Waals surface area contributed by atoms with Crippen LogP contribution in [-0.2, 0) is 12.6 Å². The summed E-state index contributed by atoms with van der Waals surface area (Å²) in [4.78, 5) is 12.4. The van der Waals surface area contributed by atoms with Crippen molar-refractivity contribution in [3.05, 3.63) is 76.6 Å². The first-order valence-corrected chi connectivity index (χ1v) is 8.99. The van der Waals surface area contributed by atoms with Crippen molar-refractivity contribution in [3.63, 3.8) is 0 Å². The summed E-state index contributed by atoms with van der Waals surface area (Å²) in [5.74, 6) is -0.183. The summed E-state index contributed by atoms with van der Waals surface area (Å²) in [5, 5.41) is 6.67. The minimum absolute atomic E-state index is 0.150. The van der Waals surface area contributed by atoms with Crippen LogP contribution in [0.1, 0.15) is 21.6 Å². The number of amides is 1. The Kier molecular flexibility index (Phi) is 6.12. The van der Waals surface area contributed by atoms with E-state index in [9.17, 15) is 18.0 Å². The summed E-state index contributed by atoms with van der Waals surface area (Å²) in [7, 11) is 1.54. The SMILES string of the molecule is COc1cccc(CCNC(=O)c2cnn(-c3ccc(Cl)cc3)c2C(F)(F)F)c1. The molecule has 9 heteroatoms. The van der Waals surface area contributed by atoms with E-state index in [0.717, 1.165) is 11.8 Å². The Balaban J connectivity index is 1.78. The number of nitrogens with zero attached hydrogens (tertiary/aromatic N) is 2. The van der Waals surface area contributed by atoms with Crippen LogP contribution in [0.3, 0.4) is 0 Å². The zero-order valence-electron chi connectivity index (χ0n) is 15.3. The van der Waals surface area contributed by atoms with Gasteiger partial charge in [-0.15, -0.1) is 0 Å².